The summed E-state index contributed by atoms with van der Waals surface area (Å²) in [7, 11) is 1.49. The van der Waals surface area contributed by atoms with Crippen LogP contribution in [0.25, 0.3) is 0 Å². The van der Waals surface area contributed by atoms with Gasteiger partial charge in [-0.25, -0.2) is 0 Å². The molecule has 0 aliphatic carbocycles. The number of rotatable bonds is 7. The molecule has 0 atom stereocenters. The van der Waals surface area contributed by atoms with Crippen LogP contribution in [0.5, 0.6) is 5.75 Å². The Kier molecular flexibility index (Phi) is 5.71. The van der Waals surface area contributed by atoms with E-state index < -0.39 is 11.8 Å². The van der Waals surface area contributed by atoms with Gasteiger partial charge < -0.3 is 20.5 Å². The topological polar surface area (TPSA) is 108 Å². The highest BCUT2D eigenvalue weighted by molar-refractivity contribution is 6.17. The molecule has 3 N–H and O–H groups in total. The van der Waals surface area contributed by atoms with Crippen molar-refractivity contribution in [3.63, 3.8) is 0 Å². The maximum Gasteiger partial charge on any atom is 0.277 e. The van der Waals surface area contributed by atoms with Crippen molar-refractivity contribution >= 4 is 29.1 Å². The lowest BCUT2D eigenvalue weighted by atomic mass is 10.2. The van der Waals surface area contributed by atoms with Crippen LogP contribution in [0.4, 0.5) is 11.4 Å². The van der Waals surface area contributed by atoms with Gasteiger partial charge in [0.25, 0.3) is 17.7 Å². The van der Waals surface area contributed by atoms with Gasteiger partial charge in [0.1, 0.15) is 11.4 Å². The number of nitrogens with zero attached hydrogens (tertiary/aromatic N) is 1. The highest BCUT2D eigenvalue weighted by Crippen LogP contribution is 2.22. The van der Waals surface area contributed by atoms with Crippen LogP contribution in [-0.4, -0.2) is 48.0 Å². The van der Waals surface area contributed by atoms with E-state index in [0.29, 0.717) is 22.7 Å². The van der Waals surface area contributed by atoms with E-state index in [4.69, 9.17) is 9.84 Å². The van der Waals surface area contributed by atoms with E-state index in [1.165, 1.54) is 13.2 Å². The Morgan fingerprint density at radius 1 is 1.11 bits per heavy atom. The van der Waals surface area contributed by atoms with E-state index in [1.807, 2.05) is 0 Å². The normalized spacial score (nSPS) is 13.4. The summed E-state index contributed by atoms with van der Waals surface area (Å²) in [5.74, 6) is -0.877. The maximum atomic E-state index is 12.5. The number of hydrogen-bond acceptors (Lipinski definition) is 6. The van der Waals surface area contributed by atoms with Crippen LogP contribution in [0.3, 0.4) is 0 Å². The molecule has 2 aromatic rings. The number of aliphatic hydroxyl groups excluding tert-OH is 1. The number of imide groups is 1. The molecular weight excluding hydrogens is 362 g/mol. The summed E-state index contributed by atoms with van der Waals surface area (Å²) in [6, 6.07) is 13.6. The van der Waals surface area contributed by atoms with Gasteiger partial charge in [-0.1, -0.05) is 18.2 Å². The summed E-state index contributed by atoms with van der Waals surface area (Å²) < 4.78 is 5.20. The fourth-order valence-corrected chi connectivity index (χ4v) is 2.77. The third-order valence-electron chi connectivity index (χ3n) is 4.08. The summed E-state index contributed by atoms with van der Waals surface area (Å²) in [6.07, 6.45) is 1.18. The van der Waals surface area contributed by atoms with Crippen LogP contribution in [0, 0.1) is 0 Å². The van der Waals surface area contributed by atoms with Gasteiger partial charge in [-0.2, -0.15) is 0 Å². The van der Waals surface area contributed by atoms with E-state index in [0.717, 1.165) is 4.90 Å². The molecule has 0 radical (unpaired) electrons. The number of carbonyl (C=O) groups is 3. The largest absolute Gasteiger partial charge is 0.496 e. The van der Waals surface area contributed by atoms with Crippen molar-refractivity contribution in [1.82, 2.24) is 4.90 Å². The molecule has 8 nitrogen and oxygen atoms in total. The Balaban J connectivity index is 1.73. The highest BCUT2D eigenvalue weighted by atomic mass is 16.5. The van der Waals surface area contributed by atoms with Crippen LogP contribution >= 0.6 is 0 Å². The first-order chi connectivity index (χ1) is 13.5. The van der Waals surface area contributed by atoms with Crippen LogP contribution in [0.2, 0.25) is 0 Å². The Morgan fingerprint density at radius 3 is 2.61 bits per heavy atom. The molecule has 144 valence electrons. The molecule has 3 amide bonds. The quantitative estimate of drug-likeness (QED) is 0.629. The van der Waals surface area contributed by atoms with E-state index in [1.54, 1.807) is 48.5 Å². The average molecular weight is 381 g/mol. The van der Waals surface area contributed by atoms with E-state index in [9.17, 15) is 14.4 Å². The Bertz CT molecular complexity index is 954. The van der Waals surface area contributed by atoms with Crippen LogP contribution < -0.4 is 15.4 Å². The first-order valence-electron chi connectivity index (χ1n) is 8.53. The number of ether oxygens (including phenoxy) is 1. The molecule has 3 rings (SSSR count). The SMILES string of the molecule is COc1ccccc1C(=O)Nc1cccc(NC2=CC(=O)N(CCO)C2=O)c1. The van der Waals surface area contributed by atoms with Crippen LogP contribution in [0.1, 0.15) is 10.4 Å². The van der Waals surface area contributed by atoms with Gasteiger partial charge in [-0.3, -0.25) is 19.3 Å². The Hall–Kier alpha value is -3.65. The standard InChI is InChI=1S/C20H19N3O5/c1-28-17-8-3-2-7-15(17)19(26)22-14-6-4-5-13(11-14)21-16-12-18(25)23(9-10-24)20(16)27/h2-8,11-12,21,24H,9-10H2,1H3,(H,22,26). The van der Waals surface area contributed by atoms with Crippen molar-refractivity contribution in [2.75, 3.05) is 30.9 Å². The zero-order chi connectivity index (χ0) is 20.1. The molecule has 0 unspecified atom stereocenters. The van der Waals surface area contributed by atoms with Gasteiger partial charge in [-0.05, 0) is 30.3 Å². The van der Waals surface area contributed by atoms with Gasteiger partial charge in [0.2, 0.25) is 0 Å². The number of methoxy groups -OCH3 is 1. The smallest absolute Gasteiger partial charge is 0.277 e. The summed E-state index contributed by atoms with van der Waals surface area (Å²) in [5.41, 5.74) is 1.52. The average Bonchev–Trinajstić information content (AvgIpc) is 2.96. The summed E-state index contributed by atoms with van der Waals surface area (Å²) in [6.45, 7) is -0.364. The molecule has 2 aromatic carbocycles. The van der Waals surface area contributed by atoms with Crippen molar-refractivity contribution < 1.29 is 24.2 Å². The van der Waals surface area contributed by atoms with Crippen molar-refractivity contribution in [3.05, 3.63) is 65.9 Å². The number of amides is 3. The molecule has 1 heterocycles. The molecular formula is C20H19N3O5. The van der Waals surface area contributed by atoms with E-state index in [2.05, 4.69) is 10.6 Å². The lowest BCUT2D eigenvalue weighted by Crippen LogP contribution is -2.34. The van der Waals surface area contributed by atoms with Crippen molar-refractivity contribution in [2.24, 2.45) is 0 Å². The second-order valence-corrected chi connectivity index (χ2v) is 5.94. The maximum absolute atomic E-state index is 12.5. The number of anilines is 2. The molecule has 1 aliphatic rings. The zero-order valence-corrected chi connectivity index (χ0v) is 15.1. The minimum Gasteiger partial charge on any atom is -0.496 e. The molecule has 0 aromatic heterocycles. The molecule has 0 fully saturated rings. The minimum absolute atomic E-state index is 0.0612. The molecule has 1 aliphatic heterocycles. The molecule has 0 bridgehead atoms. The monoisotopic (exact) mass is 381 g/mol. The Morgan fingerprint density at radius 2 is 1.86 bits per heavy atom. The highest BCUT2D eigenvalue weighted by Gasteiger charge is 2.30. The van der Waals surface area contributed by atoms with Gasteiger partial charge in [0.05, 0.1) is 25.8 Å². The summed E-state index contributed by atoms with van der Waals surface area (Å²) in [5, 5.41) is 14.6. The molecule has 8 heteroatoms. The van der Waals surface area contributed by atoms with Crippen molar-refractivity contribution in [2.45, 2.75) is 0 Å². The third kappa shape index (κ3) is 4.02. The molecule has 0 saturated heterocycles. The van der Waals surface area contributed by atoms with Gasteiger partial charge in [0.15, 0.2) is 0 Å². The number of hydrogen-bond donors (Lipinski definition) is 3. The van der Waals surface area contributed by atoms with E-state index >= 15 is 0 Å². The summed E-state index contributed by atoms with van der Waals surface area (Å²) >= 11 is 0. The predicted octanol–water partition coefficient (Wildman–Crippen LogP) is 1.60. The molecule has 0 spiro atoms. The first kappa shape index (κ1) is 19.1. The summed E-state index contributed by atoms with van der Waals surface area (Å²) in [4.78, 5) is 37.5. The lowest BCUT2D eigenvalue weighted by molar-refractivity contribution is -0.137. The van der Waals surface area contributed by atoms with Crippen LogP contribution in [-0.2, 0) is 9.59 Å². The van der Waals surface area contributed by atoms with E-state index in [-0.39, 0.29) is 24.8 Å². The first-order valence-corrected chi connectivity index (χ1v) is 8.53. The number of nitrogens with one attached hydrogen (secondary N) is 2. The van der Waals surface area contributed by atoms with Crippen molar-refractivity contribution in [3.8, 4) is 5.75 Å². The second kappa shape index (κ2) is 8.36. The van der Waals surface area contributed by atoms with Gasteiger partial charge >= 0.3 is 0 Å². The number of aliphatic hydroxyl groups is 1. The second-order valence-electron chi connectivity index (χ2n) is 5.94. The Labute approximate surface area is 161 Å². The number of benzene rings is 2. The van der Waals surface area contributed by atoms with Crippen LogP contribution in [0.15, 0.2) is 60.3 Å². The fraction of sp³-hybridized carbons (Fsp3) is 0.150. The molecule has 0 saturated carbocycles. The fourth-order valence-electron chi connectivity index (χ4n) is 2.77. The van der Waals surface area contributed by atoms with Gasteiger partial charge in [0, 0.05) is 17.5 Å². The number of carbonyl (C=O) groups excluding carboxylic acids is 3. The minimum atomic E-state index is -0.512. The van der Waals surface area contributed by atoms with Crippen molar-refractivity contribution in [1.29, 1.82) is 0 Å². The third-order valence-corrected chi connectivity index (χ3v) is 4.08. The van der Waals surface area contributed by atoms with Gasteiger partial charge in [-0.15, -0.1) is 0 Å². The predicted molar refractivity (Wildman–Crippen MR) is 103 cm³/mol. The lowest BCUT2D eigenvalue weighted by Gasteiger charge is -2.14. The molecule has 28 heavy (non-hydrogen) atoms. The number of para-hydroxylation sites is 1. The number of β-amino-alcohol motifs (C(OH)–C–C–N with tert-alkyl or cyclic N) is 1. The zero-order valence-electron chi connectivity index (χ0n) is 15.1.